The normalized spacial score (nSPS) is 43.8. The Hall–Kier alpha value is -4.74. The lowest BCUT2D eigenvalue weighted by molar-refractivity contribution is -0.377. The zero-order chi connectivity index (χ0) is 59.5. The van der Waals surface area contributed by atoms with Crippen LogP contribution in [-0.4, -0.2) is 154 Å². The van der Waals surface area contributed by atoms with E-state index in [4.69, 9.17) is 66.3 Å². The quantitative estimate of drug-likeness (QED) is 0.0668. The molecule has 5 saturated carbocycles. The van der Waals surface area contributed by atoms with Crippen LogP contribution in [0.15, 0.2) is 11.6 Å². The maximum atomic E-state index is 13.2. The zero-order valence-electron chi connectivity index (χ0n) is 49.7. The molecule has 0 aromatic rings. The van der Waals surface area contributed by atoms with Gasteiger partial charge in [-0.15, -0.1) is 0 Å². The molecule has 5 aliphatic carbocycles. The second kappa shape index (κ2) is 23.7. The first kappa shape index (κ1) is 62.3. The molecule has 8 fully saturated rings. The topological polar surface area (TPSA) is 266 Å². The minimum absolute atomic E-state index is 0.0281. The molecule has 3 saturated heterocycles. The second-order valence-corrected chi connectivity index (χ2v) is 25.2. The van der Waals surface area contributed by atoms with Crippen molar-refractivity contribution in [2.45, 2.75) is 241 Å². The van der Waals surface area contributed by atoms with Crippen molar-refractivity contribution in [1.29, 1.82) is 0 Å². The van der Waals surface area contributed by atoms with E-state index in [2.05, 4.69) is 20.8 Å². The SMILES string of the molecule is CO[C@H]1O[C@H](C=C(C)C)[C@H](OC(C)=O)[C@@H]1[C@H]1CC[C@@]2(C)[C@@H]3CCC4[C@@]5(CC[C@H](O[C@@H]6O[C@H](COC(C)=O)[C@@H](OC(C)=O)[C@H](OC(C)=O)[C@H]6O[C@@H]6O[C@@H](C)[C@H](OC(C)=O)[C@@H](OC(C)=O)[C@H]6OC(C)=O)[C@]4(C)COC(C)=O)C[C@@]35CC[C@]12C. The summed E-state index contributed by atoms with van der Waals surface area (Å²) in [5, 5.41) is 0. The lowest BCUT2D eigenvalue weighted by Gasteiger charge is -2.64. The van der Waals surface area contributed by atoms with E-state index in [0.717, 1.165) is 91.6 Å². The number of fused-ring (bicyclic) bond motifs is 2. The van der Waals surface area contributed by atoms with Gasteiger partial charge in [0.25, 0.3) is 0 Å². The zero-order valence-corrected chi connectivity index (χ0v) is 49.7. The average Bonchev–Trinajstić information content (AvgIpc) is 1.63. The summed E-state index contributed by atoms with van der Waals surface area (Å²) < 4.78 is 86.3. The summed E-state index contributed by atoms with van der Waals surface area (Å²) in [6.07, 6.45) is -7.44. The van der Waals surface area contributed by atoms with Crippen LogP contribution in [-0.2, 0) is 105 Å². The highest BCUT2D eigenvalue weighted by atomic mass is 16.8. The van der Waals surface area contributed by atoms with Gasteiger partial charge < -0.3 is 66.3 Å². The van der Waals surface area contributed by atoms with Crippen molar-refractivity contribution >= 4 is 47.8 Å². The fourth-order valence-corrected chi connectivity index (χ4v) is 17.2. The lowest BCUT2D eigenvalue weighted by atomic mass is 9.41. The van der Waals surface area contributed by atoms with Crippen molar-refractivity contribution in [3.63, 3.8) is 0 Å². The van der Waals surface area contributed by atoms with Gasteiger partial charge in [-0.05, 0) is 118 Å². The highest BCUT2D eigenvalue weighted by molar-refractivity contribution is 5.69. The van der Waals surface area contributed by atoms with Crippen LogP contribution in [0.3, 0.4) is 0 Å². The van der Waals surface area contributed by atoms with Crippen LogP contribution in [0.2, 0.25) is 0 Å². The predicted octanol–water partition coefficient (Wildman–Crippen LogP) is 6.32. The van der Waals surface area contributed by atoms with E-state index in [1.807, 2.05) is 19.9 Å². The predicted molar refractivity (Wildman–Crippen MR) is 279 cm³/mol. The van der Waals surface area contributed by atoms with Crippen LogP contribution in [0.25, 0.3) is 0 Å². The van der Waals surface area contributed by atoms with E-state index < -0.39 is 140 Å². The molecule has 3 aliphatic heterocycles. The number of carbonyl (C=O) groups excluding carboxylic acids is 8. The van der Waals surface area contributed by atoms with Crippen LogP contribution < -0.4 is 0 Å². The number of hydrogen-bond acceptors (Lipinski definition) is 22. The average molecular weight is 1150 g/mol. The third-order valence-electron chi connectivity index (χ3n) is 20.2. The van der Waals surface area contributed by atoms with Gasteiger partial charge in [0, 0.05) is 67.9 Å². The summed E-state index contributed by atoms with van der Waals surface area (Å²) in [4.78, 5) is 102. The minimum Gasteiger partial charge on any atom is -0.465 e. The Labute approximate surface area is 474 Å². The van der Waals surface area contributed by atoms with E-state index in [9.17, 15) is 38.4 Å². The standard InChI is InChI=1S/C59H86O22/c1-28(2)24-39-46(73-33(7)63)44(52(68-15)78-39)38-18-20-57(14)42-17-16-41-55(12,27-70-31(5)61)43(19-21-58(41)26-59(42,58)23-22-56(38,57)13)80-54-51(49(76-36(10)66)47(74-34(8)64)40(79-54)25-69-30(4)60)81-53-50(77-37(11)67)48(75-35(9)65)45(29(3)71-53)72-32(6)62/h24,29,38-54H,16-23,25-27H2,1-15H3/t29-,38+,39+,40+,41?,42-,43-,44-,45-,46-,47+,48+,49-,50+,51+,52-,53-,54-,55+,56+,57-,58+,59-/m0/s1. The fourth-order valence-electron chi connectivity index (χ4n) is 17.2. The molecule has 1 unspecified atom stereocenters. The highest BCUT2D eigenvalue weighted by Gasteiger charge is 2.83. The summed E-state index contributed by atoms with van der Waals surface area (Å²) in [6, 6.07) is 0. The Morgan fingerprint density at radius 2 is 1.02 bits per heavy atom. The third kappa shape index (κ3) is 11.6. The van der Waals surface area contributed by atoms with Gasteiger partial charge in [0.1, 0.15) is 24.9 Å². The molecule has 22 nitrogen and oxygen atoms in total. The minimum atomic E-state index is -1.69. The van der Waals surface area contributed by atoms with Gasteiger partial charge in [0.15, 0.2) is 55.5 Å². The molecule has 81 heavy (non-hydrogen) atoms. The fraction of sp³-hybridized carbons (Fsp3) is 0.831. The first-order chi connectivity index (χ1) is 37.9. The van der Waals surface area contributed by atoms with Gasteiger partial charge in [0.2, 0.25) is 0 Å². The molecule has 22 heteroatoms. The number of ether oxygens (including phenoxy) is 14. The molecule has 0 N–H and O–H groups in total. The lowest BCUT2D eigenvalue weighted by Crippen LogP contribution is -2.67. The van der Waals surface area contributed by atoms with Crippen LogP contribution in [0.5, 0.6) is 0 Å². The Morgan fingerprint density at radius 3 is 1.60 bits per heavy atom. The number of allylic oxidation sites excluding steroid dienone is 1. The first-order valence-corrected chi connectivity index (χ1v) is 28.7. The molecule has 454 valence electrons. The van der Waals surface area contributed by atoms with Crippen molar-refractivity contribution in [2.24, 2.45) is 50.7 Å². The van der Waals surface area contributed by atoms with Gasteiger partial charge in [-0.3, -0.25) is 38.4 Å². The summed E-state index contributed by atoms with van der Waals surface area (Å²) in [5.41, 5.74) is -0.302. The second-order valence-electron chi connectivity index (χ2n) is 25.2. The summed E-state index contributed by atoms with van der Waals surface area (Å²) in [6.45, 7) is 21.6. The monoisotopic (exact) mass is 1150 g/mol. The van der Waals surface area contributed by atoms with Crippen molar-refractivity contribution in [2.75, 3.05) is 20.3 Å². The summed E-state index contributed by atoms with van der Waals surface area (Å²) in [7, 11) is 1.66. The van der Waals surface area contributed by atoms with Crippen molar-refractivity contribution in [1.82, 2.24) is 0 Å². The molecule has 23 atom stereocenters. The Morgan fingerprint density at radius 1 is 0.494 bits per heavy atom. The van der Waals surface area contributed by atoms with Gasteiger partial charge in [-0.1, -0.05) is 32.4 Å². The van der Waals surface area contributed by atoms with Crippen LogP contribution >= 0.6 is 0 Å². The summed E-state index contributed by atoms with van der Waals surface area (Å²) >= 11 is 0. The van der Waals surface area contributed by atoms with E-state index in [1.165, 1.54) is 27.7 Å². The molecule has 0 aromatic carbocycles. The molecular formula is C59H86O22. The molecule has 0 aromatic heterocycles. The molecule has 2 spiro atoms. The molecule has 8 aliphatic rings. The number of rotatable bonds is 17. The van der Waals surface area contributed by atoms with Gasteiger partial charge >= 0.3 is 47.8 Å². The number of carbonyl (C=O) groups is 8. The van der Waals surface area contributed by atoms with Gasteiger partial charge in [0.05, 0.1) is 24.7 Å². The Bertz CT molecular complexity index is 2460. The van der Waals surface area contributed by atoms with Crippen LogP contribution in [0, 0.1) is 50.7 Å². The van der Waals surface area contributed by atoms with Gasteiger partial charge in [-0.25, -0.2) is 0 Å². The van der Waals surface area contributed by atoms with Crippen LogP contribution in [0.4, 0.5) is 0 Å². The molecular weight excluding hydrogens is 1060 g/mol. The number of esters is 8. The summed E-state index contributed by atoms with van der Waals surface area (Å²) in [5.74, 6) is -5.36. The van der Waals surface area contributed by atoms with Crippen LogP contribution in [0.1, 0.15) is 155 Å². The van der Waals surface area contributed by atoms with E-state index >= 15 is 0 Å². The highest BCUT2D eigenvalue weighted by Crippen LogP contribution is 2.89. The Kier molecular flexibility index (Phi) is 18.3. The molecule has 8 rings (SSSR count). The molecule has 0 bridgehead atoms. The Balaban J connectivity index is 1.15. The number of hydrogen-bond donors (Lipinski definition) is 0. The third-order valence-corrected chi connectivity index (χ3v) is 20.2. The van der Waals surface area contributed by atoms with E-state index in [0.29, 0.717) is 12.3 Å². The molecule has 3 heterocycles. The van der Waals surface area contributed by atoms with E-state index in [-0.39, 0.29) is 52.0 Å². The largest absolute Gasteiger partial charge is 0.465 e. The van der Waals surface area contributed by atoms with E-state index in [1.54, 1.807) is 7.11 Å². The maximum absolute atomic E-state index is 13.2. The maximum Gasteiger partial charge on any atom is 0.303 e. The molecule has 0 radical (unpaired) electrons. The molecule has 0 amide bonds. The van der Waals surface area contributed by atoms with Gasteiger partial charge in [-0.2, -0.15) is 0 Å². The smallest absolute Gasteiger partial charge is 0.303 e. The van der Waals surface area contributed by atoms with Crippen molar-refractivity contribution < 1.29 is 105 Å². The van der Waals surface area contributed by atoms with Crippen molar-refractivity contribution in [3.8, 4) is 0 Å². The van der Waals surface area contributed by atoms with Crippen molar-refractivity contribution in [3.05, 3.63) is 11.6 Å². The first-order valence-electron chi connectivity index (χ1n) is 28.7. The number of methoxy groups -OCH3 is 1.